The summed E-state index contributed by atoms with van der Waals surface area (Å²) in [6.45, 7) is 6.48. The van der Waals surface area contributed by atoms with Gasteiger partial charge in [-0.1, -0.05) is 13.8 Å². The number of ether oxygens (including phenoxy) is 1. The van der Waals surface area contributed by atoms with E-state index in [1.54, 1.807) is 0 Å². The highest BCUT2D eigenvalue weighted by atomic mass is 16.5. The Labute approximate surface area is 151 Å². The van der Waals surface area contributed by atoms with Gasteiger partial charge < -0.3 is 9.84 Å². The summed E-state index contributed by atoms with van der Waals surface area (Å²) < 4.78 is 5.19. The monoisotopic (exact) mass is 350 g/mol. The molecule has 1 N–H and O–H groups in total. The van der Waals surface area contributed by atoms with E-state index in [1.807, 2.05) is 0 Å². The maximum Gasteiger partial charge on any atom is 0.302 e. The van der Waals surface area contributed by atoms with E-state index in [-0.39, 0.29) is 22.9 Å². The van der Waals surface area contributed by atoms with E-state index >= 15 is 0 Å². The molecular formula is C21H34O4. The Morgan fingerprint density at radius 3 is 2.64 bits per heavy atom. The lowest BCUT2D eigenvalue weighted by Crippen LogP contribution is -2.46. The first kappa shape index (κ1) is 18.9. The Hall–Kier alpha value is -0.900. The number of esters is 1. The second kappa shape index (κ2) is 7.02. The van der Waals surface area contributed by atoms with Gasteiger partial charge >= 0.3 is 5.97 Å². The zero-order valence-corrected chi connectivity index (χ0v) is 16.1. The number of carbonyl (C=O) groups is 2. The lowest BCUT2D eigenvalue weighted by Gasteiger charge is -2.52. The van der Waals surface area contributed by atoms with Gasteiger partial charge in [0.1, 0.15) is 5.78 Å². The highest BCUT2D eigenvalue weighted by Gasteiger charge is 2.53. The topological polar surface area (TPSA) is 63.6 Å². The Morgan fingerprint density at radius 2 is 1.92 bits per heavy atom. The molecule has 3 aliphatic rings. The molecule has 0 spiro atoms. The third-order valence-electron chi connectivity index (χ3n) is 8.05. The Bertz CT molecular complexity index is 530. The number of carbonyl (C=O) groups excluding carboxylic acids is 2. The van der Waals surface area contributed by atoms with Gasteiger partial charge in [0.25, 0.3) is 0 Å². The van der Waals surface area contributed by atoms with E-state index in [1.165, 1.54) is 6.92 Å². The third kappa shape index (κ3) is 3.51. The molecule has 0 heterocycles. The highest BCUT2D eigenvalue weighted by Crippen LogP contribution is 2.59. The van der Waals surface area contributed by atoms with Crippen molar-refractivity contribution in [3.05, 3.63) is 0 Å². The van der Waals surface area contributed by atoms with Crippen molar-refractivity contribution in [3.8, 4) is 0 Å². The van der Waals surface area contributed by atoms with Crippen molar-refractivity contribution >= 4 is 11.8 Å². The van der Waals surface area contributed by atoms with Crippen LogP contribution in [0.4, 0.5) is 0 Å². The SMILES string of the molecule is CC(=O)OCC[C@H]1C[C@@H](O)CC[C@]1(C)C1CC[C@]2(C)C(=O)CCC2C1. The first-order chi connectivity index (χ1) is 11.8. The van der Waals surface area contributed by atoms with Crippen LogP contribution in [0.25, 0.3) is 0 Å². The van der Waals surface area contributed by atoms with Crippen molar-refractivity contribution in [1.82, 2.24) is 0 Å². The first-order valence-electron chi connectivity index (χ1n) is 10.1. The van der Waals surface area contributed by atoms with Crippen LogP contribution in [0.3, 0.4) is 0 Å². The summed E-state index contributed by atoms with van der Waals surface area (Å²) in [6.07, 6.45) is 8.46. The molecule has 3 fully saturated rings. The smallest absolute Gasteiger partial charge is 0.302 e. The summed E-state index contributed by atoms with van der Waals surface area (Å²) in [6, 6.07) is 0. The van der Waals surface area contributed by atoms with E-state index in [2.05, 4.69) is 13.8 Å². The Balaban J connectivity index is 1.71. The normalized spacial score (nSPS) is 44.4. The average Bonchev–Trinajstić information content (AvgIpc) is 2.85. The fourth-order valence-corrected chi connectivity index (χ4v) is 6.12. The molecule has 0 bridgehead atoms. The van der Waals surface area contributed by atoms with Crippen molar-refractivity contribution in [2.45, 2.75) is 84.7 Å². The second-order valence-corrected chi connectivity index (χ2v) is 9.31. The standard InChI is InChI=1S/C21H34O4/c1-14(22)25-11-8-17-13-18(23)7-10-20(17,2)16-6-9-21(3)15(12-16)4-5-19(21)24/h15-18,23H,4-13H2,1-3H3/t15?,16?,17-,18-,20+,21-/m0/s1. The van der Waals surface area contributed by atoms with Gasteiger partial charge in [0.05, 0.1) is 12.7 Å². The molecule has 25 heavy (non-hydrogen) atoms. The maximum absolute atomic E-state index is 12.3. The van der Waals surface area contributed by atoms with Crippen LogP contribution in [-0.2, 0) is 14.3 Å². The lowest BCUT2D eigenvalue weighted by molar-refractivity contribution is -0.142. The fourth-order valence-electron chi connectivity index (χ4n) is 6.12. The van der Waals surface area contributed by atoms with Crippen LogP contribution >= 0.6 is 0 Å². The summed E-state index contributed by atoms with van der Waals surface area (Å²) in [7, 11) is 0. The number of fused-ring (bicyclic) bond motifs is 1. The van der Waals surface area contributed by atoms with Gasteiger partial charge in [-0.25, -0.2) is 0 Å². The number of rotatable bonds is 4. The van der Waals surface area contributed by atoms with Crippen molar-refractivity contribution in [3.63, 3.8) is 0 Å². The van der Waals surface area contributed by atoms with Gasteiger partial charge in [0.2, 0.25) is 0 Å². The van der Waals surface area contributed by atoms with Gasteiger partial charge in [-0.2, -0.15) is 0 Å². The molecule has 6 atom stereocenters. The predicted octanol–water partition coefficient (Wildman–Crippen LogP) is 3.89. The summed E-state index contributed by atoms with van der Waals surface area (Å²) >= 11 is 0. The average molecular weight is 350 g/mol. The number of ketones is 1. The molecule has 0 aromatic heterocycles. The minimum atomic E-state index is -0.226. The van der Waals surface area contributed by atoms with Crippen LogP contribution < -0.4 is 0 Å². The van der Waals surface area contributed by atoms with Crippen LogP contribution in [0.2, 0.25) is 0 Å². The lowest BCUT2D eigenvalue weighted by atomic mass is 9.52. The number of aliphatic hydroxyl groups is 1. The van der Waals surface area contributed by atoms with Gasteiger partial charge in [0.15, 0.2) is 0 Å². The molecule has 3 saturated carbocycles. The zero-order valence-electron chi connectivity index (χ0n) is 16.1. The molecule has 0 aromatic rings. The molecule has 3 rings (SSSR count). The number of aliphatic hydroxyl groups excluding tert-OH is 1. The molecule has 3 aliphatic carbocycles. The van der Waals surface area contributed by atoms with Gasteiger partial charge in [-0.05, 0) is 74.5 Å². The molecular weight excluding hydrogens is 316 g/mol. The molecule has 0 amide bonds. The summed E-state index contributed by atoms with van der Waals surface area (Å²) in [5.74, 6) is 1.80. The summed E-state index contributed by atoms with van der Waals surface area (Å²) in [5, 5.41) is 10.2. The largest absolute Gasteiger partial charge is 0.466 e. The third-order valence-corrected chi connectivity index (χ3v) is 8.05. The minimum Gasteiger partial charge on any atom is -0.466 e. The van der Waals surface area contributed by atoms with E-state index in [0.29, 0.717) is 30.1 Å². The molecule has 2 unspecified atom stereocenters. The molecule has 142 valence electrons. The first-order valence-corrected chi connectivity index (χ1v) is 10.1. The molecule has 4 heteroatoms. The highest BCUT2D eigenvalue weighted by molar-refractivity contribution is 5.87. The van der Waals surface area contributed by atoms with Crippen LogP contribution in [0.1, 0.15) is 78.6 Å². The Kier molecular flexibility index (Phi) is 5.30. The van der Waals surface area contributed by atoms with Crippen LogP contribution in [-0.4, -0.2) is 29.6 Å². The molecule has 0 aliphatic heterocycles. The van der Waals surface area contributed by atoms with Crippen molar-refractivity contribution in [2.24, 2.45) is 28.6 Å². The van der Waals surface area contributed by atoms with Gasteiger partial charge in [-0.15, -0.1) is 0 Å². The molecule has 4 nitrogen and oxygen atoms in total. The molecule has 0 aromatic carbocycles. The Morgan fingerprint density at radius 1 is 1.16 bits per heavy atom. The number of hydrogen-bond acceptors (Lipinski definition) is 4. The molecule has 0 saturated heterocycles. The maximum atomic E-state index is 12.3. The number of hydrogen-bond donors (Lipinski definition) is 1. The van der Waals surface area contributed by atoms with Crippen molar-refractivity contribution < 1.29 is 19.4 Å². The van der Waals surface area contributed by atoms with E-state index in [9.17, 15) is 14.7 Å². The van der Waals surface area contributed by atoms with Crippen molar-refractivity contribution in [1.29, 1.82) is 0 Å². The molecule has 0 radical (unpaired) electrons. The van der Waals surface area contributed by atoms with Crippen LogP contribution in [0.5, 0.6) is 0 Å². The summed E-state index contributed by atoms with van der Waals surface area (Å²) in [4.78, 5) is 23.4. The van der Waals surface area contributed by atoms with E-state index in [0.717, 1.165) is 57.8 Å². The van der Waals surface area contributed by atoms with E-state index in [4.69, 9.17) is 4.74 Å². The van der Waals surface area contributed by atoms with Crippen molar-refractivity contribution in [2.75, 3.05) is 6.61 Å². The van der Waals surface area contributed by atoms with Gasteiger partial charge in [-0.3, -0.25) is 9.59 Å². The van der Waals surface area contributed by atoms with Crippen LogP contribution in [0, 0.1) is 28.6 Å². The van der Waals surface area contributed by atoms with E-state index < -0.39 is 0 Å². The fraction of sp³-hybridized carbons (Fsp3) is 0.905. The number of Topliss-reactive ketones (excluding diaryl/α,β-unsaturated/α-hetero) is 1. The van der Waals surface area contributed by atoms with Gasteiger partial charge in [0, 0.05) is 18.8 Å². The predicted molar refractivity (Wildman–Crippen MR) is 95.9 cm³/mol. The quantitative estimate of drug-likeness (QED) is 0.781. The van der Waals surface area contributed by atoms with Crippen LogP contribution in [0.15, 0.2) is 0 Å². The minimum absolute atomic E-state index is 0.0751. The second-order valence-electron chi connectivity index (χ2n) is 9.31. The summed E-state index contributed by atoms with van der Waals surface area (Å²) in [5.41, 5.74) is 0.112. The zero-order chi connectivity index (χ0) is 18.2.